The van der Waals surface area contributed by atoms with Gasteiger partial charge in [-0.25, -0.2) is 8.78 Å². The molecule has 9 heteroatoms. The summed E-state index contributed by atoms with van der Waals surface area (Å²) in [7, 11) is 1.56. The second-order valence-corrected chi connectivity index (χ2v) is 9.48. The van der Waals surface area contributed by atoms with Crippen molar-refractivity contribution < 1.29 is 32.9 Å². The van der Waals surface area contributed by atoms with Gasteiger partial charge in [0.05, 0.1) is 19.8 Å². The van der Waals surface area contributed by atoms with Crippen LogP contribution in [-0.2, 0) is 24.3 Å². The zero-order valence-corrected chi connectivity index (χ0v) is 21.1. The number of carbonyl (C=O) groups excluding carboxylic acids is 1. The van der Waals surface area contributed by atoms with E-state index in [1.165, 1.54) is 0 Å². The van der Waals surface area contributed by atoms with Crippen molar-refractivity contribution in [1.82, 2.24) is 4.90 Å². The van der Waals surface area contributed by atoms with Crippen molar-refractivity contribution in [2.45, 2.75) is 38.5 Å². The summed E-state index contributed by atoms with van der Waals surface area (Å²) in [6.45, 7) is 2.11. The van der Waals surface area contributed by atoms with Crippen LogP contribution in [0.25, 0.3) is 0 Å². The van der Waals surface area contributed by atoms with Crippen LogP contribution in [0.4, 0.5) is 14.5 Å². The summed E-state index contributed by atoms with van der Waals surface area (Å²) in [5, 5.41) is 14.3. The molecular formula is C29H30F2N2O5. The summed E-state index contributed by atoms with van der Waals surface area (Å²) in [5.41, 5.74) is 3.31. The Morgan fingerprint density at radius 3 is 2.74 bits per heavy atom. The molecule has 5 rings (SSSR count). The molecule has 0 unspecified atom stereocenters. The molecule has 0 saturated carbocycles. The molecule has 1 fully saturated rings. The molecule has 1 atom stereocenters. The third-order valence-electron chi connectivity index (χ3n) is 6.97. The van der Waals surface area contributed by atoms with E-state index in [4.69, 9.17) is 14.2 Å². The zero-order chi connectivity index (χ0) is 26.6. The fraction of sp³-hybridized carbons (Fsp3) is 0.345. The van der Waals surface area contributed by atoms with E-state index in [2.05, 4.69) is 5.32 Å². The number of amides is 1. The number of nitrogens with one attached hydrogen (secondary N) is 1. The van der Waals surface area contributed by atoms with Gasteiger partial charge >= 0.3 is 0 Å². The molecule has 0 aliphatic carbocycles. The number of methoxy groups -OCH3 is 1. The van der Waals surface area contributed by atoms with E-state index in [0.717, 1.165) is 40.9 Å². The van der Waals surface area contributed by atoms with Crippen molar-refractivity contribution in [2.75, 3.05) is 32.2 Å². The number of ether oxygens (including phenoxy) is 3. The number of phenolic OH excluding ortho intramolecular Hbond substituents is 1. The van der Waals surface area contributed by atoms with E-state index in [1.54, 1.807) is 36.3 Å². The minimum absolute atomic E-state index is 0.0246. The average Bonchev–Trinajstić information content (AvgIpc) is 3.44. The Bertz CT molecular complexity index is 1290. The van der Waals surface area contributed by atoms with Crippen LogP contribution in [0.1, 0.15) is 45.5 Å². The summed E-state index contributed by atoms with van der Waals surface area (Å²) < 4.78 is 43.6. The van der Waals surface area contributed by atoms with Gasteiger partial charge in [-0.15, -0.1) is 0 Å². The maximum atomic E-state index is 13.7. The van der Waals surface area contributed by atoms with Gasteiger partial charge in [0.1, 0.15) is 29.4 Å². The van der Waals surface area contributed by atoms with Gasteiger partial charge in [-0.3, -0.25) is 4.79 Å². The van der Waals surface area contributed by atoms with Crippen LogP contribution in [0, 0.1) is 0 Å². The Kier molecular flexibility index (Phi) is 7.64. The topological polar surface area (TPSA) is 80.3 Å². The summed E-state index contributed by atoms with van der Waals surface area (Å²) in [6.07, 6.45) is -1.29. The number of hydrogen-bond donors (Lipinski definition) is 2. The van der Waals surface area contributed by atoms with E-state index in [1.807, 2.05) is 18.2 Å². The number of benzene rings is 3. The lowest BCUT2D eigenvalue weighted by Crippen LogP contribution is -2.37. The first kappa shape index (κ1) is 25.8. The molecule has 3 aromatic rings. The highest BCUT2D eigenvalue weighted by molar-refractivity contribution is 6.00. The lowest BCUT2D eigenvalue weighted by atomic mass is 9.96. The Balaban J connectivity index is 1.40. The third-order valence-corrected chi connectivity index (χ3v) is 6.97. The van der Waals surface area contributed by atoms with E-state index in [-0.39, 0.29) is 24.0 Å². The third kappa shape index (κ3) is 5.52. The van der Waals surface area contributed by atoms with E-state index >= 15 is 0 Å². The molecule has 7 nitrogen and oxygen atoms in total. The second-order valence-electron chi connectivity index (χ2n) is 9.48. The van der Waals surface area contributed by atoms with Gasteiger partial charge in [0.2, 0.25) is 0 Å². The first-order valence-electron chi connectivity index (χ1n) is 12.6. The zero-order valence-electron chi connectivity index (χ0n) is 21.1. The first-order chi connectivity index (χ1) is 18.4. The van der Waals surface area contributed by atoms with Gasteiger partial charge in [-0.1, -0.05) is 24.3 Å². The molecule has 3 aromatic carbocycles. The molecule has 38 heavy (non-hydrogen) atoms. The van der Waals surface area contributed by atoms with Crippen molar-refractivity contribution in [3.05, 3.63) is 82.4 Å². The van der Waals surface area contributed by atoms with Gasteiger partial charge in [0.25, 0.3) is 12.3 Å². The Labute approximate surface area is 219 Å². The van der Waals surface area contributed by atoms with Gasteiger partial charge in [0.15, 0.2) is 0 Å². The van der Waals surface area contributed by atoms with E-state index < -0.39 is 23.6 Å². The van der Waals surface area contributed by atoms with Crippen LogP contribution in [0.2, 0.25) is 0 Å². The molecule has 200 valence electrons. The van der Waals surface area contributed by atoms with Gasteiger partial charge in [0, 0.05) is 30.9 Å². The molecule has 2 aliphatic heterocycles. The molecule has 2 aliphatic rings. The predicted molar refractivity (Wildman–Crippen MR) is 138 cm³/mol. The van der Waals surface area contributed by atoms with Crippen LogP contribution in [0.3, 0.4) is 0 Å². The summed E-state index contributed by atoms with van der Waals surface area (Å²) in [4.78, 5) is 15.3. The molecule has 0 spiro atoms. The van der Waals surface area contributed by atoms with Crippen LogP contribution in [0.15, 0.2) is 54.6 Å². The van der Waals surface area contributed by atoms with Crippen LogP contribution >= 0.6 is 0 Å². The molecule has 0 aromatic heterocycles. The standard InChI is InChI=1S/C29H30F2N2O5/c1-36-22-7-5-18(6-8-22)16-38-26-14-20(28(30)31)13-25(34)27(26)29(35)33-11-9-19-3-2-4-24(23(19)15-33)32-21-10-12-37-17-21/h2-8,13-14,21,28,32,34H,9-12,15-17H2,1H3/t21-/m0/s1. The monoisotopic (exact) mass is 524 g/mol. The summed E-state index contributed by atoms with van der Waals surface area (Å²) >= 11 is 0. The molecule has 0 radical (unpaired) electrons. The van der Waals surface area contributed by atoms with Crippen LogP contribution in [-0.4, -0.2) is 48.8 Å². The number of fused-ring (bicyclic) bond motifs is 1. The fourth-order valence-electron chi connectivity index (χ4n) is 4.87. The number of aromatic hydroxyl groups is 1. The lowest BCUT2D eigenvalue weighted by Gasteiger charge is -2.32. The SMILES string of the molecule is COc1ccc(COc2cc(C(F)F)cc(O)c2C(=O)N2CCc3cccc(N[C@H]4CCOC4)c3C2)cc1. The largest absolute Gasteiger partial charge is 0.507 e. The van der Waals surface area contributed by atoms with Gasteiger partial charge in [-0.05, 0) is 59.9 Å². The van der Waals surface area contributed by atoms with Crippen molar-refractivity contribution in [3.63, 3.8) is 0 Å². The molecule has 2 N–H and O–H groups in total. The van der Waals surface area contributed by atoms with E-state index in [0.29, 0.717) is 38.5 Å². The maximum absolute atomic E-state index is 13.7. The van der Waals surface area contributed by atoms with Crippen molar-refractivity contribution in [3.8, 4) is 17.2 Å². The molecule has 2 heterocycles. The molecule has 1 saturated heterocycles. The Morgan fingerprint density at radius 2 is 2.03 bits per heavy atom. The highest BCUT2D eigenvalue weighted by Gasteiger charge is 2.30. The number of carbonyl (C=O) groups is 1. The molecular weight excluding hydrogens is 494 g/mol. The minimum Gasteiger partial charge on any atom is -0.507 e. The normalized spacial score (nSPS) is 16.8. The molecule has 1 amide bonds. The number of nitrogens with zero attached hydrogens (tertiary/aromatic N) is 1. The van der Waals surface area contributed by atoms with Crippen molar-refractivity contribution in [1.29, 1.82) is 0 Å². The van der Waals surface area contributed by atoms with Crippen LogP contribution in [0.5, 0.6) is 17.2 Å². The second kappa shape index (κ2) is 11.3. The summed E-state index contributed by atoms with van der Waals surface area (Å²) in [5.74, 6) is -0.418. The lowest BCUT2D eigenvalue weighted by molar-refractivity contribution is 0.0726. The predicted octanol–water partition coefficient (Wildman–Crippen LogP) is 5.32. The number of alkyl halides is 2. The smallest absolute Gasteiger partial charge is 0.264 e. The molecule has 0 bridgehead atoms. The summed E-state index contributed by atoms with van der Waals surface area (Å²) in [6, 6.07) is 15.4. The van der Waals surface area contributed by atoms with Crippen molar-refractivity contribution >= 4 is 11.6 Å². The Hall–Kier alpha value is -3.85. The average molecular weight is 525 g/mol. The number of halogens is 2. The first-order valence-corrected chi connectivity index (χ1v) is 12.6. The number of rotatable bonds is 8. The number of hydrogen-bond acceptors (Lipinski definition) is 6. The van der Waals surface area contributed by atoms with E-state index in [9.17, 15) is 18.7 Å². The highest BCUT2D eigenvalue weighted by atomic mass is 19.3. The van der Waals surface area contributed by atoms with Crippen LogP contribution < -0.4 is 14.8 Å². The fourth-order valence-corrected chi connectivity index (χ4v) is 4.87. The number of anilines is 1. The Morgan fingerprint density at radius 1 is 1.21 bits per heavy atom. The quantitative estimate of drug-likeness (QED) is 0.416. The van der Waals surface area contributed by atoms with Gasteiger partial charge < -0.3 is 29.5 Å². The van der Waals surface area contributed by atoms with Gasteiger partial charge in [-0.2, -0.15) is 0 Å². The number of phenols is 1. The van der Waals surface area contributed by atoms with Crippen molar-refractivity contribution in [2.24, 2.45) is 0 Å². The highest BCUT2D eigenvalue weighted by Crippen LogP contribution is 2.37. The minimum atomic E-state index is -2.83. The maximum Gasteiger partial charge on any atom is 0.264 e.